The summed E-state index contributed by atoms with van der Waals surface area (Å²) < 4.78 is 0. The zero-order chi connectivity index (χ0) is 14.8. The van der Waals surface area contributed by atoms with Crippen LogP contribution in [0, 0.1) is 13.8 Å². The second kappa shape index (κ2) is 5.52. The molecule has 3 rings (SSSR count). The van der Waals surface area contributed by atoms with E-state index in [0.717, 1.165) is 34.4 Å². The predicted octanol–water partition coefficient (Wildman–Crippen LogP) is 4.35. The van der Waals surface area contributed by atoms with Gasteiger partial charge >= 0.3 is 0 Å². The number of rotatable bonds is 3. The number of nitrogens with zero attached hydrogens (tertiary/aromatic N) is 2. The molecule has 0 amide bonds. The topological polar surface area (TPSA) is 37.8 Å². The van der Waals surface area contributed by atoms with Crippen LogP contribution in [0.15, 0.2) is 42.5 Å². The number of fused-ring (bicyclic) bond motifs is 1. The van der Waals surface area contributed by atoms with E-state index in [-0.39, 0.29) is 0 Å². The minimum absolute atomic E-state index is 0.835. The number of hydrogen-bond donors (Lipinski definition) is 1. The van der Waals surface area contributed by atoms with Crippen LogP contribution in [-0.2, 0) is 0 Å². The highest BCUT2D eigenvalue weighted by atomic mass is 15.2. The highest BCUT2D eigenvalue weighted by Crippen LogP contribution is 2.32. The number of aromatic nitrogens is 2. The van der Waals surface area contributed by atoms with Crippen LogP contribution in [0.2, 0.25) is 0 Å². The maximum Gasteiger partial charge on any atom is 0.156 e. The number of hydrogen-bond acceptors (Lipinski definition) is 3. The lowest BCUT2D eigenvalue weighted by molar-refractivity contribution is 1.03. The molecule has 0 fully saturated rings. The Hall–Kier alpha value is -2.42. The molecule has 3 aromatic rings. The Morgan fingerprint density at radius 3 is 2.43 bits per heavy atom. The van der Waals surface area contributed by atoms with Crippen molar-refractivity contribution in [1.29, 1.82) is 0 Å². The van der Waals surface area contributed by atoms with Crippen LogP contribution in [0.5, 0.6) is 0 Å². The molecule has 0 radical (unpaired) electrons. The number of benzene rings is 2. The molecule has 0 aliphatic heterocycles. The molecule has 0 saturated heterocycles. The number of aryl methyl sites for hydroxylation is 1. The first-order valence-corrected chi connectivity index (χ1v) is 7.28. The minimum atomic E-state index is 0.835. The molecule has 21 heavy (non-hydrogen) atoms. The fraction of sp³-hybridized carbons (Fsp3) is 0.222. The Kier molecular flexibility index (Phi) is 3.57. The average molecular weight is 277 g/mol. The van der Waals surface area contributed by atoms with Gasteiger partial charge in [0.05, 0.1) is 0 Å². The van der Waals surface area contributed by atoms with Crippen LogP contribution in [0.3, 0.4) is 0 Å². The van der Waals surface area contributed by atoms with Gasteiger partial charge in [0.1, 0.15) is 5.69 Å². The maximum atomic E-state index is 4.49. The Morgan fingerprint density at radius 2 is 1.67 bits per heavy atom. The number of anilines is 1. The molecular formula is C18H19N3. The summed E-state index contributed by atoms with van der Waals surface area (Å²) in [6, 6.07) is 14.6. The van der Waals surface area contributed by atoms with Gasteiger partial charge in [-0.25, -0.2) is 0 Å². The lowest BCUT2D eigenvalue weighted by atomic mass is 9.97. The summed E-state index contributed by atoms with van der Waals surface area (Å²) in [5.41, 5.74) is 4.64. The van der Waals surface area contributed by atoms with Crippen molar-refractivity contribution in [1.82, 2.24) is 10.2 Å². The molecule has 106 valence electrons. The minimum Gasteiger partial charge on any atom is -0.368 e. The molecule has 2 aromatic carbocycles. The van der Waals surface area contributed by atoms with Gasteiger partial charge in [-0.05, 0) is 31.9 Å². The van der Waals surface area contributed by atoms with Crippen LogP contribution in [-0.4, -0.2) is 16.7 Å². The molecule has 0 aliphatic carbocycles. The standard InChI is InChI=1S/C18H19N3/c1-4-19-18-16-10-6-5-9-15(16)17(20-21-18)14-11-7-8-12(2)13(14)3/h5-11H,4H2,1-3H3,(H,19,21). The van der Waals surface area contributed by atoms with Crippen LogP contribution in [0.25, 0.3) is 22.0 Å². The molecule has 3 nitrogen and oxygen atoms in total. The van der Waals surface area contributed by atoms with Crippen LogP contribution >= 0.6 is 0 Å². The Balaban J connectivity index is 2.29. The Morgan fingerprint density at radius 1 is 0.905 bits per heavy atom. The first kappa shape index (κ1) is 13.6. The van der Waals surface area contributed by atoms with Gasteiger partial charge < -0.3 is 5.32 Å². The van der Waals surface area contributed by atoms with E-state index in [4.69, 9.17) is 0 Å². The van der Waals surface area contributed by atoms with Crippen molar-refractivity contribution in [3.63, 3.8) is 0 Å². The van der Waals surface area contributed by atoms with Gasteiger partial charge in [-0.2, -0.15) is 0 Å². The Bertz CT molecular complexity index is 794. The fourth-order valence-electron chi connectivity index (χ4n) is 2.61. The maximum absolute atomic E-state index is 4.49. The third-order valence-corrected chi connectivity index (χ3v) is 3.89. The molecule has 1 aromatic heterocycles. The fourth-order valence-corrected chi connectivity index (χ4v) is 2.61. The summed E-state index contributed by atoms with van der Waals surface area (Å²) in [5.74, 6) is 0.849. The van der Waals surface area contributed by atoms with E-state index in [1.54, 1.807) is 0 Å². The van der Waals surface area contributed by atoms with E-state index >= 15 is 0 Å². The Labute approximate surface area is 125 Å². The van der Waals surface area contributed by atoms with Gasteiger partial charge in [-0.1, -0.05) is 42.5 Å². The van der Waals surface area contributed by atoms with Crippen molar-refractivity contribution in [3.05, 3.63) is 53.6 Å². The van der Waals surface area contributed by atoms with Crippen molar-refractivity contribution in [2.75, 3.05) is 11.9 Å². The molecular weight excluding hydrogens is 258 g/mol. The molecule has 0 saturated carbocycles. The molecule has 3 heteroatoms. The monoisotopic (exact) mass is 277 g/mol. The summed E-state index contributed by atoms with van der Waals surface area (Å²) >= 11 is 0. The molecule has 0 bridgehead atoms. The summed E-state index contributed by atoms with van der Waals surface area (Å²) in [6.07, 6.45) is 0. The van der Waals surface area contributed by atoms with Crippen molar-refractivity contribution in [3.8, 4) is 11.3 Å². The molecule has 1 N–H and O–H groups in total. The first-order chi connectivity index (χ1) is 10.2. The van der Waals surface area contributed by atoms with Gasteiger partial charge in [0.15, 0.2) is 5.82 Å². The summed E-state index contributed by atoms with van der Waals surface area (Å²) in [4.78, 5) is 0. The summed E-state index contributed by atoms with van der Waals surface area (Å²) in [5, 5.41) is 14.4. The second-order valence-corrected chi connectivity index (χ2v) is 5.22. The predicted molar refractivity (Wildman–Crippen MR) is 88.6 cm³/mol. The average Bonchev–Trinajstić information content (AvgIpc) is 2.51. The zero-order valence-electron chi connectivity index (χ0n) is 12.6. The quantitative estimate of drug-likeness (QED) is 0.773. The van der Waals surface area contributed by atoms with Crippen molar-refractivity contribution < 1.29 is 0 Å². The lowest BCUT2D eigenvalue weighted by Gasteiger charge is -2.12. The SMILES string of the molecule is CCNc1nnc(-c2cccc(C)c2C)c2ccccc12. The normalized spacial score (nSPS) is 10.8. The molecule has 1 heterocycles. The van der Waals surface area contributed by atoms with Gasteiger partial charge in [-0.3, -0.25) is 0 Å². The lowest BCUT2D eigenvalue weighted by Crippen LogP contribution is -2.03. The van der Waals surface area contributed by atoms with Crippen molar-refractivity contribution in [2.24, 2.45) is 0 Å². The van der Waals surface area contributed by atoms with Crippen molar-refractivity contribution >= 4 is 16.6 Å². The summed E-state index contributed by atoms with van der Waals surface area (Å²) in [6.45, 7) is 7.16. The highest BCUT2D eigenvalue weighted by molar-refractivity contribution is 6.00. The second-order valence-electron chi connectivity index (χ2n) is 5.22. The van der Waals surface area contributed by atoms with Gasteiger partial charge in [0.25, 0.3) is 0 Å². The zero-order valence-corrected chi connectivity index (χ0v) is 12.6. The van der Waals surface area contributed by atoms with Crippen LogP contribution in [0.4, 0.5) is 5.82 Å². The third kappa shape index (κ3) is 2.35. The van der Waals surface area contributed by atoms with Gasteiger partial charge in [0.2, 0.25) is 0 Å². The van der Waals surface area contributed by atoms with E-state index in [1.807, 2.05) is 12.1 Å². The molecule has 0 aliphatic rings. The van der Waals surface area contributed by atoms with Gasteiger partial charge in [0, 0.05) is 22.9 Å². The van der Waals surface area contributed by atoms with E-state index in [0.29, 0.717) is 0 Å². The molecule has 0 atom stereocenters. The number of nitrogens with one attached hydrogen (secondary N) is 1. The van der Waals surface area contributed by atoms with E-state index in [2.05, 4.69) is 66.6 Å². The molecule has 0 spiro atoms. The van der Waals surface area contributed by atoms with E-state index < -0.39 is 0 Å². The van der Waals surface area contributed by atoms with Crippen LogP contribution in [0.1, 0.15) is 18.1 Å². The highest BCUT2D eigenvalue weighted by Gasteiger charge is 2.12. The first-order valence-electron chi connectivity index (χ1n) is 7.28. The van der Waals surface area contributed by atoms with Crippen molar-refractivity contribution in [2.45, 2.75) is 20.8 Å². The van der Waals surface area contributed by atoms with Crippen LogP contribution < -0.4 is 5.32 Å². The molecule has 0 unspecified atom stereocenters. The summed E-state index contributed by atoms with van der Waals surface area (Å²) in [7, 11) is 0. The smallest absolute Gasteiger partial charge is 0.156 e. The van der Waals surface area contributed by atoms with E-state index in [1.165, 1.54) is 11.1 Å². The largest absolute Gasteiger partial charge is 0.368 e. The third-order valence-electron chi connectivity index (χ3n) is 3.89. The van der Waals surface area contributed by atoms with Gasteiger partial charge in [-0.15, -0.1) is 10.2 Å². The van der Waals surface area contributed by atoms with E-state index in [9.17, 15) is 0 Å².